The number of cyclic esters (lactones) is 1. The molecule has 7 nitrogen and oxygen atoms in total. The molecule has 1 unspecified atom stereocenters. The summed E-state index contributed by atoms with van der Waals surface area (Å²) in [5.74, 6) is -2.71. The van der Waals surface area contributed by atoms with Crippen molar-refractivity contribution in [1.82, 2.24) is 0 Å². The average Bonchev–Trinajstić information content (AvgIpc) is 2.83. The Bertz CT molecular complexity index is 673. The minimum atomic E-state index is -1.35. The van der Waals surface area contributed by atoms with Crippen molar-refractivity contribution >= 4 is 17.9 Å². The molecule has 4 rings (SSSR count). The number of carboxylic acids is 1. The second-order valence-corrected chi connectivity index (χ2v) is 6.19. The zero-order valence-electron chi connectivity index (χ0n) is 11.6. The van der Waals surface area contributed by atoms with E-state index in [4.69, 9.17) is 9.47 Å². The summed E-state index contributed by atoms with van der Waals surface area (Å²) in [6, 6.07) is 0. The van der Waals surface area contributed by atoms with Gasteiger partial charge >= 0.3 is 17.9 Å². The van der Waals surface area contributed by atoms with E-state index in [1.807, 2.05) is 6.08 Å². The number of allylic oxidation sites excluding steroid dienone is 1. The van der Waals surface area contributed by atoms with Crippen LogP contribution in [-0.2, 0) is 23.9 Å². The highest BCUT2D eigenvalue weighted by Gasteiger charge is 2.62. The Hall–Kier alpha value is -2.15. The maximum absolute atomic E-state index is 12.4. The lowest BCUT2D eigenvalue weighted by Gasteiger charge is -2.29. The van der Waals surface area contributed by atoms with Gasteiger partial charge in [0, 0.05) is 23.5 Å². The van der Waals surface area contributed by atoms with E-state index in [2.05, 4.69) is 0 Å². The van der Waals surface area contributed by atoms with E-state index in [1.165, 1.54) is 0 Å². The lowest BCUT2D eigenvalue weighted by Crippen LogP contribution is -2.33. The van der Waals surface area contributed by atoms with E-state index < -0.39 is 42.1 Å². The molecule has 22 heavy (non-hydrogen) atoms. The van der Waals surface area contributed by atoms with E-state index in [1.54, 1.807) is 0 Å². The molecule has 0 aromatic heterocycles. The molecule has 116 valence electrons. The molecule has 4 aliphatic rings. The van der Waals surface area contributed by atoms with Gasteiger partial charge in [0.25, 0.3) is 0 Å². The van der Waals surface area contributed by atoms with Gasteiger partial charge in [-0.3, -0.25) is 9.59 Å². The largest absolute Gasteiger partial charge is 0.481 e. The van der Waals surface area contributed by atoms with Crippen molar-refractivity contribution in [3.8, 4) is 0 Å². The number of rotatable bonds is 2. The van der Waals surface area contributed by atoms with Crippen LogP contribution in [0.15, 0.2) is 22.8 Å². The lowest BCUT2D eigenvalue weighted by atomic mass is 9.71. The highest BCUT2D eigenvalue weighted by molar-refractivity contribution is 5.97. The average molecular weight is 306 g/mol. The van der Waals surface area contributed by atoms with E-state index in [0.717, 1.165) is 0 Å². The zero-order chi connectivity index (χ0) is 15.6. The molecular formula is C15H14O7. The van der Waals surface area contributed by atoms with Crippen LogP contribution in [0.2, 0.25) is 0 Å². The number of fused-ring (bicyclic) bond motifs is 1. The number of aliphatic hydroxyl groups excluding tert-OH is 1. The fraction of sp³-hybridized carbons (Fsp3) is 0.533. The Kier molecular flexibility index (Phi) is 2.57. The second-order valence-electron chi connectivity index (χ2n) is 6.19. The fourth-order valence-corrected chi connectivity index (χ4v) is 4.24. The number of hydrogen-bond donors (Lipinski definition) is 2. The van der Waals surface area contributed by atoms with Gasteiger partial charge in [0.1, 0.15) is 11.5 Å². The van der Waals surface area contributed by atoms with Crippen LogP contribution in [-0.4, -0.2) is 40.5 Å². The number of ether oxygens (including phenoxy) is 2. The number of carbonyl (C=O) groups is 3. The Morgan fingerprint density at radius 2 is 2.14 bits per heavy atom. The van der Waals surface area contributed by atoms with Crippen LogP contribution in [0.4, 0.5) is 0 Å². The summed E-state index contributed by atoms with van der Waals surface area (Å²) in [6.45, 7) is 0. The third-order valence-corrected chi connectivity index (χ3v) is 5.10. The molecule has 2 aliphatic carbocycles. The molecule has 0 saturated carbocycles. The molecular weight excluding hydrogens is 292 g/mol. The first kappa shape index (κ1) is 13.5. The Morgan fingerprint density at radius 3 is 2.86 bits per heavy atom. The lowest BCUT2D eigenvalue weighted by molar-refractivity contribution is -0.154. The monoisotopic (exact) mass is 306 g/mol. The third kappa shape index (κ3) is 1.51. The molecule has 0 radical (unpaired) electrons. The minimum absolute atomic E-state index is 0.0812. The molecule has 2 N–H and O–H groups in total. The third-order valence-electron chi connectivity index (χ3n) is 5.10. The van der Waals surface area contributed by atoms with Crippen LogP contribution in [0, 0.1) is 11.3 Å². The predicted molar refractivity (Wildman–Crippen MR) is 69.1 cm³/mol. The van der Waals surface area contributed by atoms with Gasteiger partial charge in [-0.1, -0.05) is 6.08 Å². The first-order chi connectivity index (χ1) is 10.4. The number of carbonyl (C=O) groups excluding carboxylic acids is 2. The first-order valence-corrected chi connectivity index (χ1v) is 7.19. The zero-order valence-corrected chi connectivity index (χ0v) is 11.6. The van der Waals surface area contributed by atoms with Crippen molar-refractivity contribution in [3.63, 3.8) is 0 Å². The molecule has 0 aromatic rings. The van der Waals surface area contributed by atoms with Gasteiger partial charge in [-0.25, -0.2) is 4.79 Å². The number of esters is 2. The van der Waals surface area contributed by atoms with Gasteiger partial charge in [0.05, 0.1) is 6.42 Å². The SMILES string of the molecule is O=C(O)C[C@@]12CC3=C(C(O)OC3=O)[C@H]3CCC=C1[C@H]3OC2=O. The molecule has 2 heterocycles. The van der Waals surface area contributed by atoms with E-state index in [9.17, 15) is 24.6 Å². The van der Waals surface area contributed by atoms with Gasteiger partial charge in [0.2, 0.25) is 6.29 Å². The molecule has 0 spiro atoms. The maximum Gasteiger partial charge on any atom is 0.336 e. The number of hydrogen-bond acceptors (Lipinski definition) is 6. The summed E-state index contributed by atoms with van der Waals surface area (Å²) in [5, 5.41) is 19.2. The van der Waals surface area contributed by atoms with Crippen LogP contribution in [0.3, 0.4) is 0 Å². The van der Waals surface area contributed by atoms with Crippen LogP contribution >= 0.6 is 0 Å². The molecule has 4 bridgehead atoms. The Labute approximate surface area is 125 Å². The van der Waals surface area contributed by atoms with Gasteiger partial charge in [-0.05, 0) is 18.4 Å². The standard InChI is InChI=1S/C15H14O7/c16-9(17)5-15-4-7-10(13(19)22-12(7)18)6-2-1-3-8(15)11(6)21-14(15)20/h3,6,11,13,19H,1-2,4-5H2,(H,16,17)/t6-,11+,13?,15+/m1/s1. The summed E-state index contributed by atoms with van der Waals surface area (Å²) < 4.78 is 10.3. The van der Waals surface area contributed by atoms with E-state index in [-0.39, 0.29) is 17.9 Å². The molecule has 0 amide bonds. The molecule has 0 aromatic carbocycles. The van der Waals surface area contributed by atoms with Gasteiger partial charge in [0.15, 0.2) is 0 Å². The first-order valence-electron chi connectivity index (χ1n) is 7.19. The second kappa shape index (κ2) is 4.19. The van der Waals surface area contributed by atoms with Gasteiger partial charge < -0.3 is 19.7 Å². The fourth-order valence-electron chi connectivity index (χ4n) is 4.24. The molecule has 1 fully saturated rings. The summed E-state index contributed by atoms with van der Waals surface area (Å²) in [4.78, 5) is 35.7. The summed E-state index contributed by atoms with van der Waals surface area (Å²) in [6.07, 6.45) is 0.686. The molecule has 2 aliphatic heterocycles. The Balaban J connectivity index is 1.93. The van der Waals surface area contributed by atoms with Crippen LogP contribution in [0.5, 0.6) is 0 Å². The van der Waals surface area contributed by atoms with E-state index >= 15 is 0 Å². The Morgan fingerprint density at radius 1 is 1.36 bits per heavy atom. The molecule has 1 saturated heterocycles. The van der Waals surface area contributed by atoms with Crippen molar-refractivity contribution in [1.29, 1.82) is 0 Å². The smallest absolute Gasteiger partial charge is 0.336 e. The van der Waals surface area contributed by atoms with E-state index in [0.29, 0.717) is 24.0 Å². The maximum atomic E-state index is 12.4. The van der Waals surface area contributed by atoms with Crippen LogP contribution in [0.1, 0.15) is 25.7 Å². The number of aliphatic carboxylic acids is 1. The predicted octanol–water partition coefficient (Wildman–Crippen LogP) is 0.285. The quantitative estimate of drug-likeness (QED) is 0.557. The van der Waals surface area contributed by atoms with Gasteiger partial charge in [-0.2, -0.15) is 0 Å². The van der Waals surface area contributed by atoms with Crippen molar-refractivity contribution in [2.45, 2.75) is 38.1 Å². The summed E-state index contributed by atoms with van der Waals surface area (Å²) >= 11 is 0. The minimum Gasteiger partial charge on any atom is -0.481 e. The molecule has 4 atom stereocenters. The van der Waals surface area contributed by atoms with Crippen molar-refractivity contribution in [2.75, 3.05) is 0 Å². The van der Waals surface area contributed by atoms with Crippen molar-refractivity contribution in [3.05, 3.63) is 22.8 Å². The highest BCUT2D eigenvalue weighted by atomic mass is 16.6. The highest BCUT2D eigenvalue weighted by Crippen LogP contribution is 2.57. The van der Waals surface area contributed by atoms with Gasteiger partial charge in [-0.15, -0.1) is 0 Å². The van der Waals surface area contributed by atoms with Crippen LogP contribution < -0.4 is 0 Å². The normalized spacial score (nSPS) is 39.0. The summed E-state index contributed by atoms with van der Waals surface area (Å²) in [5.41, 5.74) is -0.00777. The van der Waals surface area contributed by atoms with Crippen LogP contribution in [0.25, 0.3) is 0 Å². The number of aliphatic hydroxyl groups is 1. The van der Waals surface area contributed by atoms with Crippen molar-refractivity contribution < 1.29 is 34.1 Å². The topological polar surface area (TPSA) is 110 Å². The number of carboxylic acid groups (broad SMARTS) is 1. The van der Waals surface area contributed by atoms with Crippen molar-refractivity contribution in [2.24, 2.45) is 11.3 Å². The molecule has 7 heteroatoms. The summed E-state index contributed by atoms with van der Waals surface area (Å²) in [7, 11) is 0.